The van der Waals surface area contributed by atoms with E-state index in [1.807, 2.05) is 29.2 Å². The summed E-state index contributed by atoms with van der Waals surface area (Å²) in [5.74, 6) is 16.2. The van der Waals surface area contributed by atoms with E-state index in [1.54, 1.807) is 6.92 Å². The topological polar surface area (TPSA) is 252 Å². The van der Waals surface area contributed by atoms with Gasteiger partial charge in [-0.3, -0.25) is 14.6 Å². The number of hydrazine groups is 1. The molecule has 1 aliphatic carbocycles. The second-order valence-corrected chi connectivity index (χ2v) is 12.0. The monoisotopic (exact) mass is 671 g/mol. The highest BCUT2D eigenvalue weighted by Gasteiger charge is 2.48. The van der Waals surface area contributed by atoms with E-state index in [0.717, 1.165) is 12.0 Å². The molecule has 252 valence electrons. The lowest BCUT2D eigenvalue weighted by molar-refractivity contribution is -0.169. The zero-order valence-corrected chi connectivity index (χ0v) is 26.6. The molecule has 1 spiro atoms. The van der Waals surface area contributed by atoms with Crippen LogP contribution in [0.1, 0.15) is 51.0 Å². The molecule has 18 nitrogen and oxygen atoms in total. The van der Waals surface area contributed by atoms with Gasteiger partial charge < -0.3 is 36.7 Å². The SMILES string of the molecule is CCOC(=O)C1(Oc2ccc(CCC(=O)N3CCC4(CC3)CN(N)/C(=N\C(=O)C3=NC(Cl)=C(N=NN)NC3N=NN)N4)cc2)CCC1. The van der Waals surface area contributed by atoms with Gasteiger partial charge in [-0.2, -0.15) is 4.99 Å². The van der Waals surface area contributed by atoms with E-state index in [2.05, 4.69) is 41.3 Å². The van der Waals surface area contributed by atoms with Gasteiger partial charge in [0, 0.05) is 19.5 Å². The number of hydrogen-bond donors (Lipinski definition) is 5. The molecular formula is C28H38ClN13O5. The van der Waals surface area contributed by atoms with Gasteiger partial charge in [0.1, 0.15) is 5.75 Å². The summed E-state index contributed by atoms with van der Waals surface area (Å²) in [6.07, 6.45) is 3.18. The summed E-state index contributed by atoms with van der Waals surface area (Å²) in [7, 11) is 0. The van der Waals surface area contributed by atoms with Crippen molar-refractivity contribution in [2.24, 2.45) is 48.2 Å². The first-order valence-electron chi connectivity index (χ1n) is 15.2. The third-order valence-electron chi connectivity index (χ3n) is 8.58. The Bertz CT molecular complexity index is 1510. The Kier molecular flexibility index (Phi) is 10.2. The number of nitrogens with zero attached hydrogens (tertiary/aromatic N) is 8. The zero-order valence-electron chi connectivity index (χ0n) is 25.9. The number of hydrogen-bond acceptors (Lipinski definition) is 12. The Morgan fingerprint density at radius 1 is 1.11 bits per heavy atom. The summed E-state index contributed by atoms with van der Waals surface area (Å²) in [6, 6.07) is 7.48. The lowest BCUT2D eigenvalue weighted by Crippen LogP contribution is -2.54. The van der Waals surface area contributed by atoms with Crippen molar-refractivity contribution in [3.8, 4) is 5.75 Å². The van der Waals surface area contributed by atoms with Gasteiger partial charge in [0.2, 0.25) is 17.5 Å². The smallest absolute Gasteiger partial charge is 0.350 e. The van der Waals surface area contributed by atoms with Crippen LogP contribution in [0.5, 0.6) is 5.75 Å². The van der Waals surface area contributed by atoms with E-state index in [0.29, 0.717) is 70.5 Å². The molecule has 3 heterocycles. The Morgan fingerprint density at radius 2 is 1.83 bits per heavy atom. The van der Waals surface area contributed by atoms with Crippen molar-refractivity contribution in [2.45, 2.75) is 69.2 Å². The molecule has 8 N–H and O–H groups in total. The average molecular weight is 672 g/mol. The quantitative estimate of drug-likeness (QED) is 0.0767. The van der Waals surface area contributed by atoms with Gasteiger partial charge in [-0.15, -0.1) is 10.2 Å². The third kappa shape index (κ3) is 7.43. The fourth-order valence-corrected chi connectivity index (χ4v) is 6.03. The van der Waals surface area contributed by atoms with E-state index in [1.165, 1.54) is 5.01 Å². The number of benzene rings is 1. The van der Waals surface area contributed by atoms with Gasteiger partial charge in [0.15, 0.2) is 22.9 Å². The highest BCUT2D eigenvalue weighted by atomic mass is 35.5. The minimum absolute atomic E-state index is 0.0208. The Labute approximate surface area is 275 Å². The first kappa shape index (κ1) is 33.5. The van der Waals surface area contributed by atoms with Crippen LogP contribution in [0.3, 0.4) is 0 Å². The van der Waals surface area contributed by atoms with Crippen LogP contribution < -0.4 is 32.9 Å². The van der Waals surface area contributed by atoms with Crippen molar-refractivity contribution in [1.82, 2.24) is 20.5 Å². The molecule has 1 atom stereocenters. The van der Waals surface area contributed by atoms with Crippen LogP contribution in [0.2, 0.25) is 0 Å². The largest absolute Gasteiger partial charge is 0.476 e. The Morgan fingerprint density at radius 3 is 2.45 bits per heavy atom. The average Bonchev–Trinajstić information content (AvgIpc) is 3.33. The van der Waals surface area contributed by atoms with Gasteiger partial charge in [-0.05, 0) is 63.1 Å². The van der Waals surface area contributed by atoms with Crippen molar-refractivity contribution in [3.63, 3.8) is 0 Å². The molecule has 4 aliphatic rings. The number of esters is 1. The molecule has 19 heteroatoms. The number of aryl methyl sites for hydroxylation is 1. The van der Waals surface area contributed by atoms with E-state index < -0.39 is 23.2 Å². The molecule has 0 aromatic heterocycles. The maximum atomic E-state index is 13.1. The van der Waals surface area contributed by atoms with E-state index in [9.17, 15) is 14.4 Å². The van der Waals surface area contributed by atoms with E-state index in [4.69, 9.17) is 38.6 Å². The molecule has 1 aromatic carbocycles. The molecule has 2 saturated heterocycles. The lowest BCUT2D eigenvalue weighted by atomic mass is 9.80. The second kappa shape index (κ2) is 14.3. The number of rotatable bonds is 10. The van der Waals surface area contributed by atoms with Crippen molar-refractivity contribution in [3.05, 3.63) is 40.8 Å². The van der Waals surface area contributed by atoms with Crippen molar-refractivity contribution >= 4 is 41.1 Å². The van der Waals surface area contributed by atoms with Crippen molar-refractivity contribution in [2.75, 3.05) is 26.2 Å². The van der Waals surface area contributed by atoms with Crippen molar-refractivity contribution < 1.29 is 23.9 Å². The maximum absolute atomic E-state index is 13.1. The number of carbonyl (C=O) groups is 3. The summed E-state index contributed by atoms with van der Waals surface area (Å²) < 4.78 is 11.2. The molecule has 5 rings (SSSR count). The van der Waals surface area contributed by atoms with Crippen LogP contribution in [0.4, 0.5) is 0 Å². The number of ether oxygens (including phenoxy) is 2. The standard InChI is InChI=1S/C28H38ClN13O5/c1-2-46-25(45)28(10-3-11-28)47-18-7-4-17(5-8-18)6-9-19(43)41-14-12-27(13-15-41)16-42(32)26(36-27)35-24(44)20-22(37-39-30)34-23(38-40-31)21(29)33-20/h4-5,7-8,22,34H,2-3,6,9-16,32H2,1H3,(H2,30,37)(H2,31,38)(H,35,36,44). The molecule has 1 saturated carbocycles. The molecule has 3 fully saturated rings. The van der Waals surface area contributed by atoms with Gasteiger partial charge in [-0.25, -0.2) is 15.6 Å². The predicted octanol–water partition coefficient (Wildman–Crippen LogP) is 0.894. The van der Waals surface area contributed by atoms with Crippen LogP contribution in [0, 0.1) is 0 Å². The van der Waals surface area contributed by atoms with Crippen LogP contribution in [0.25, 0.3) is 0 Å². The molecule has 2 amide bonds. The summed E-state index contributed by atoms with van der Waals surface area (Å²) in [6.45, 7) is 3.50. The summed E-state index contributed by atoms with van der Waals surface area (Å²) in [5.41, 5.74) is -0.570. The highest BCUT2D eigenvalue weighted by Crippen LogP contribution is 2.38. The van der Waals surface area contributed by atoms with Gasteiger partial charge >= 0.3 is 5.97 Å². The van der Waals surface area contributed by atoms with Gasteiger partial charge in [0.25, 0.3) is 5.91 Å². The van der Waals surface area contributed by atoms with Crippen LogP contribution in [-0.2, 0) is 25.5 Å². The summed E-state index contributed by atoms with van der Waals surface area (Å²) in [4.78, 5) is 48.5. The number of piperidine rings is 1. The number of nitrogens with two attached hydrogens (primary N) is 3. The number of halogens is 1. The molecule has 3 aliphatic heterocycles. The third-order valence-corrected chi connectivity index (χ3v) is 8.84. The Hall–Kier alpha value is -4.84. The molecule has 47 heavy (non-hydrogen) atoms. The van der Waals surface area contributed by atoms with E-state index in [-0.39, 0.29) is 34.5 Å². The lowest BCUT2D eigenvalue weighted by Gasteiger charge is -2.39. The fraction of sp³-hybridized carbons (Fsp3) is 0.536. The van der Waals surface area contributed by atoms with Gasteiger partial charge in [-0.1, -0.05) is 34.2 Å². The fourth-order valence-electron chi connectivity index (χ4n) is 5.85. The molecule has 1 unspecified atom stereocenters. The van der Waals surface area contributed by atoms with E-state index >= 15 is 0 Å². The summed E-state index contributed by atoms with van der Waals surface area (Å²) in [5, 5.41) is 20.8. The predicted molar refractivity (Wildman–Crippen MR) is 169 cm³/mol. The molecule has 1 aromatic rings. The first-order valence-corrected chi connectivity index (χ1v) is 15.6. The Balaban J connectivity index is 1.13. The normalized spacial score (nSPS) is 22.7. The number of nitrogens with one attached hydrogen (secondary N) is 2. The van der Waals surface area contributed by atoms with Crippen LogP contribution >= 0.6 is 11.6 Å². The van der Waals surface area contributed by atoms with Crippen LogP contribution in [0.15, 0.2) is 65.9 Å². The van der Waals surface area contributed by atoms with Crippen molar-refractivity contribution in [1.29, 1.82) is 0 Å². The molecule has 0 radical (unpaired) electrons. The minimum Gasteiger partial charge on any atom is -0.476 e. The molecular weight excluding hydrogens is 634 g/mol. The minimum atomic E-state index is -1.13. The van der Waals surface area contributed by atoms with Crippen LogP contribution in [-0.4, -0.2) is 82.9 Å². The number of likely N-dealkylation sites (tertiary alicyclic amines) is 1. The summed E-state index contributed by atoms with van der Waals surface area (Å²) >= 11 is 6.09. The number of carbonyl (C=O) groups excluding carboxylic acids is 3. The maximum Gasteiger partial charge on any atom is 0.350 e. The zero-order chi connectivity index (χ0) is 33.6. The number of aliphatic imine (C=N–C) groups is 2. The number of amides is 2. The molecule has 0 bridgehead atoms. The highest BCUT2D eigenvalue weighted by molar-refractivity contribution is 6.44. The number of guanidine groups is 1. The van der Waals surface area contributed by atoms with Gasteiger partial charge in [0.05, 0.1) is 18.7 Å². The first-order chi connectivity index (χ1) is 22.6. The second-order valence-electron chi connectivity index (χ2n) is 11.6.